The molecule has 162 valence electrons. The third kappa shape index (κ3) is 4.09. The highest BCUT2D eigenvalue weighted by molar-refractivity contribution is 7.07. The second kappa shape index (κ2) is 9.06. The Kier molecular flexibility index (Phi) is 5.83. The zero-order valence-electron chi connectivity index (χ0n) is 17.3. The lowest BCUT2D eigenvalue weighted by molar-refractivity contribution is 0.117. The Labute approximate surface area is 188 Å². The quantitative estimate of drug-likeness (QED) is 0.429. The first-order chi connectivity index (χ1) is 15.7. The van der Waals surface area contributed by atoms with Crippen LogP contribution in [0.5, 0.6) is 5.75 Å². The van der Waals surface area contributed by atoms with E-state index in [9.17, 15) is 9.50 Å². The molecule has 2 heterocycles. The maximum absolute atomic E-state index is 14.6. The molecule has 3 aromatic carbocycles. The summed E-state index contributed by atoms with van der Waals surface area (Å²) in [6, 6.07) is 17.9. The molecule has 0 saturated carbocycles. The highest BCUT2D eigenvalue weighted by atomic mass is 32.1. The van der Waals surface area contributed by atoms with Gasteiger partial charge in [-0.15, -0.1) is 11.3 Å². The molecule has 1 aliphatic heterocycles. The molecule has 5 nitrogen and oxygen atoms in total. The second-order valence-electron chi connectivity index (χ2n) is 7.63. The van der Waals surface area contributed by atoms with Gasteiger partial charge in [-0.1, -0.05) is 42.5 Å². The summed E-state index contributed by atoms with van der Waals surface area (Å²) in [5.74, 6) is -0.193. The fraction of sp³-hybridized carbons (Fsp3) is 0.200. The normalized spacial score (nSPS) is 17.0. The Balaban J connectivity index is 1.62. The predicted molar refractivity (Wildman–Crippen MR) is 126 cm³/mol. The lowest BCUT2D eigenvalue weighted by Crippen LogP contribution is -2.17. The number of aromatic nitrogens is 1. The number of fused-ring (bicyclic) bond motifs is 1. The second-order valence-corrected chi connectivity index (χ2v) is 8.47. The maximum Gasteiger partial charge on any atom is 0.206 e. The number of benzene rings is 3. The van der Waals surface area contributed by atoms with Gasteiger partial charge in [-0.25, -0.2) is 9.07 Å². The third-order valence-electron chi connectivity index (χ3n) is 5.54. The smallest absolute Gasteiger partial charge is 0.206 e. The van der Waals surface area contributed by atoms with Gasteiger partial charge in [0.15, 0.2) is 0 Å². The number of halogens is 1. The number of phenolic OH excluding ortho intramolecular Hbond substituents is 1. The Morgan fingerprint density at radius 3 is 2.81 bits per heavy atom. The van der Waals surface area contributed by atoms with Crippen LogP contribution < -0.4 is 4.80 Å². The Hall–Kier alpha value is -3.29. The molecule has 1 atom stereocenters. The minimum atomic E-state index is -0.326. The van der Waals surface area contributed by atoms with Crippen molar-refractivity contribution in [1.29, 1.82) is 0 Å². The number of hydrogen-bond donors (Lipinski definition) is 1. The number of hydrogen-bond acceptors (Lipinski definition) is 5. The molecule has 0 bridgehead atoms. The van der Waals surface area contributed by atoms with E-state index in [0.29, 0.717) is 28.2 Å². The molecule has 0 amide bonds. The van der Waals surface area contributed by atoms with Gasteiger partial charge in [0.1, 0.15) is 11.6 Å². The molecule has 1 N–H and O–H groups in total. The topological polar surface area (TPSA) is 59.1 Å². The third-order valence-corrected chi connectivity index (χ3v) is 6.39. The monoisotopic (exact) mass is 447 g/mol. The Bertz CT molecular complexity index is 1350. The molecule has 1 aromatic heterocycles. The van der Waals surface area contributed by atoms with Crippen molar-refractivity contribution in [2.45, 2.75) is 18.9 Å². The van der Waals surface area contributed by atoms with Crippen molar-refractivity contribution in [1.82, 2.24) is 4.68 Å². The molecule has 1 aliphatic rings. The van der Waals surface area contributed by atoms with Crippen molar-refractivity contribution in [2.24, 2.45) is 10.1 Å². The van der Waals surface area contributed by atoms with Crippen molar-refractivity contribution in [3.63, 3.8) is 0 Å². The largest absolute Gasteiger partial charge is 0.507 e. The number of rotatable bonds is 5. The Morgan fingerprint density at radius 1 is 1.12 bits per heavy atom. The van der Waals surface area contributed by atoms with Gasteiger partial charge in [0.25, 0.3) is 0 Å². The number of thiazole rings is 1. The zero-order chi connectivity index (χ0) is 21.9. The number of phenols is 1. The van der Waals surface area contributed by atoms with Crippen LogP contribution >= 0.6 is 11.3 Å². The zero-order valence-corrected chi connectivity index (χ0v) is 18.1. The van der Waals surface area contributed by atoms with E-state index in [1.165, 1.54) is 17.4 Å². The molecule has 4 aromatic rings. The molecule has 1 saturated heterocycles. The van der Waals surface area contributed by atoms with Crippen LogP contribution in [0.15, 0.2) is 76.1 Å². The van der Waals surface area contributed by atoms with Crippen LogP contribution in [0.25, 0.3) is 22.0 Å². The van der Waals surface area contributed by atoms with Crippen molar-refractivity contribution in [3.8, 4) is 17.0 Å². The highest BCUT2D eigenvalue weighted by Gasteiger charge is 2.16. The van der Waals surface area contributed by atoms with E-state index in [2.05, 4.69) is 5.10 Å². The summed E-state index contributed by atoms with van der Waals surface area (Å²) < 4.78 is 21.9. The van der Waals surface area contributed by atoms with Crippen molar-refractivity contribution < 1.29 is 14.2 Å². The van der Waals surface area contributed by atoms with Gasteiger partial charge in [-0.2, -0.15) is 5.10 Å². The van der Waals surface area contributed by atoms with E-state index >= 15 is 0 Å². The summed E-state index contributed by atoms with van der Waals surface area (Å²) in [5, 5.41) is 18.9. The van der Waals surface area contributed by atoms with E-state index in [1.807, 2.05) is 35.7 Å². The number of aromatic hydroxyl groups is 1. The van der Waals surface area contributed by atoms with E-state index in [1.54, 1.807) is 35.2 Å². The predicted octanol–water partition coefficient (Wildman–Crippen LogP) is 5.18. The van der Waals surface area contributed by atoms with E-state index < -0.39 is 0 Å². The van der Waals surface area contributed by atoms with Gasteiger partial charge < -0.3 is 9.84 Å². The van der Waals surface area contributed by atoms with Crippen LogP contribution in [0.1, 0.15) is 18.4 Å². The summed E-state index contributed by atoms with van der Waals surface area (Å²) in [6.07, 6.45) is 3.75. The van der Waals surface area contributed by atoms with Gasteiger partial charge in [-0.3, -0.25) is 4.99 Å². The fourth-order valence-corrected chi connectivity index (χ4v) is 4.72. The molecule has 1 unspecified atom stereocenters. The summed E-state index contributed by atoms with van der Waals surface area (Å²) in [5.41, 5.74) is 1.66. The van der Waals surface area contributed by atoms with Gasteiger partial charge in [0.05, 0.1) is 24.6 Å². The van der Waals surface area contributed by atoms with E-state index in [4.69, 9.17) is 9.73 Å². The summed E-state index contributed by atoms with van der Waals surface area (Å²) in [4.78, 5) is 5.37. The first kappa shape index (κ1) is 20.6. The van der Waals surface area contributed by atoms with E-state index in [0.717, 1.165) is 30.2 Å². The molecule has 0 aliphatic carbocycles. The first-order valence-electron chi connectivity index (χ1n) is 10.5. The molecule has 1 fully saturated rings. The molecule has 5 rings (SSSR count). The van der Waals surface area contributed by atoms with Gasteiger partial charge >= 0.3 is 0 Å². The molecule has 32 heavy (non-hydrogen) atoms. The van der Waals surface area contributed by atoms with Crippen molar-refractivity contribution in [3.05, 3.63) is 82.2 Å². The van der Waals surface area contributed by atoms with Gasteiger partial charge in [0.2, 0.25) is 4.80 Å². The minimum absolute atomic E-state index is 0.105. The number of nitrogens with zero attached hydrogens (tertiary/aromatic N) is 3. The first-order valence-corrected chi connectivity index (χ1v) is 11.4. The number of ether oxygens (including phenoxy) is 1. The van der Waals surface area contributed by atoms with Crippen LogP contribution in [-0.4, -0.2) is 35.3 Å². The van der Waals surface area contributed by atoms with Crippen LogP contribution in [0.3, 0.4) is 0 Å². The standard InChI is InChI=1S/C25H22FN3O2S/c26-22-10-4-3-9-20(22)23-16-32-25(27-14-18-7-5-13-31-18)29(23)28-15-21-19-8-2-1-6-17(19)11-12-24(21)30/h1-4,6,8-12,15-16,18,30H,5,7,13-14H2/b27-25?,28-15+. The van der Waals surface area contributed by atoms with Gasteiger partial charge in [-0.05, 0) is 41.8 Å². The average Bonchev–Trinajstić information content (AvgIpc) is 3.47. The highest BCUT2D eigenvalue weighted by Crippen LogP contribution is 2.27. The summed E-state index contributed by atoms with van der Waals surface area (Å²) in [6.45, 7) is 1.30. The van der Waals surface area contributed by atoms with E-state index in [-0.39, 0.29) is 17.7 Å². The van der Waals surface area contributed by atoms with Crippen LogP contribution in [-0.2, 0) is 4.74 Å². The van der Waals surface area contributed by atoms with Crippen LogP contribution in [0, 0.1) is 5.82 Å². The Morgan fingerprint density at radius 2 is 1.97 bits per heavy atom. The van der Waals surface area contributed by atoms with Crippen molar-refractivity contribution in [2.75, 3.05) is 13.2 Å². The average molecular weight is 448 g/mol. The minimum Gasteiger partial charge on any atom is -0.507 e. The van der Waals surface area contributed by atoms with Crippen LogP contribution in [0.4, 0.5) is 4.39 Å². The maximum atomic E-state index is 14.6. The van der Waals surface area contributed by atoms with Crippen molar-refractivity contribution >= 4 is 28.3 Å². The SMILES string of the molecule is Oc1ccc2ccccc2c1/C=N/n1c(-c2ccccc2F)csc1=NCC1CCCO1. The lowest BCUT2D eigenvalue weighted by atomic mass is 10.0. The summed E-state index contributed by atoms with van der Waals surface area (Å²) >= 11 is 1.40. The fourth-order valence-electron chi connectivity index (χ4n) is 3.88. The molecular weight excluding hydrogens is 425 g/mol. The molecule has 7 heteroatoms. The van der Waals surface area contributed by atoms with Gasteiger partial charge in [0, 0.05) is 23.1 Å². The molecular formula is C25H22FN3O2S. The molecule has 0 radical (unpaired) electrons. The lowest BCUT2D eigenvalue weighted by Gasteiger charge is -2.07. The molecule has 0 spiro atoms. The summed E-state index contributed by atoms with van der Waals surface area (Å²) in [7, 11) is 0. The van der Waals surface area contributed by atoms with Crippen LogP contribution in [0.2, 0.25) is 0 Å².